The van der Waals surface area contributed by atoms with Crippen molar-refractivity contribution in [2.75, 3.05) is 45.1 Å². The van der Waals surface area contributed by atoms with E-state index in [9.17, 15) is 54.7 Å². The molecule has 0 aliphatic heterocycles. The van der Waals surface area contributed by atoms with Crippen LogP contribution < -0.4 is 5.01 Å². The fraction of sp³-hybridized carbons (Fsp3) is 0.484. The minimum absolute atomic E-state index is 0.00703. The molecule has 90 heavy (non-hydrogen) atoms. The van der Waals surface area contributed by atoms with Crippen LogP contribution in [0.4, 0.5) is 44.6 Å². The molecule has 0 N–H and O–H groups in total. The highest BCUT2D eigenvalue weighted by Gasteiger charge is 2.81. The third kappa shape index (κ3) is 27.6. The van der Waals surface area contributed by atoms with Crippen molar-refractivity contribution in [3.63, 3.8) is 0 Å². The first-order valence-electron chi connectivity index (χ1n) is 28.7. The molecule has 0 fully saturated rings. The number of methoxy groups -OCH3 is 1. The summed E-state index contributed by atoms with van der Waals surface area (Å²) in [5.74, 6) is -25.8. The van der Waals surface area contributed by atoms with Crippen LogP contribution in [0.25, 0.3) is 10.2 Å². The number of hydrogen-bond donors (Lipinski definition) is 0. The van der Waals surface area contributed by atoms with Crippen molar-refractivity contribution in [1.29, 1.82) is 0 Å². The summed E-state index contributed by atoms with van der Waals surface area (Å²) in [4.78, 5) is 68.3. The molecule has 26 heteroatoms. The first-order valence-corrected chi connectivity index (χ1v) is 29.5. The molecule has 4 atom stereocenters. The number of esters is 5. The molecule has 0 bridgehead atoms. The minimum Gasteiger partial charge on any atom is -0.494 e. The molecule has 0 spiro atoms. The van der Waals surface area contributed by atoms with Gasteiger partial charge in [0.1, 0.15) is 23.0 Å². The quantitative estimate of drug-likeness (QED) is 0.00700. The normalized spacial score (nSPS) is 13.7. The van der Waals surface area contributed by atoms with Crippen LogP contribution in [0.5, 0.6) is 0 Å². The van der Waals surface area contributed by atoms with Gasteiger partial charge in [0.15, 0.2) is 0 Å². The number of hydrogen-bond acceptors (Lipinski definition) is 17. The summed E-state index contributed by atoms with van der Waals surface area (Å²) in [6, 6.07) is 6.05. The van der Waals surface area contributed by atoms with Gasteiger partial charge in [-0.2, -0.15) is 44.6 Å². The topological polar surface area (TPSA) is 188 Å². The number of anilines is 1. The van der Waals surface area contributed by atoms with Gasteiger partial charge in [0.05, 0.1) is 78.0 Å². The maximum Gasteiger partial charge on any atom is 0.460 e. The Balaban J connectivity index is 2.29. The van der Waals surface area contributed by atoms with Gasteiger partial charge in [-0.1, -0.05) is 89.8 Å². The molecule has 2 aromatic rings. The highest BCUT2D eigenvalue weighted by atomic mass is 32.1. The maximum atomic E-state index is 15.0. The van der Waals surface area contributed by atoms with E-state index in [0.29, 0.717) is 48.1 Å². The molecule has 0 aliphatic carbocycles. The number of hydrazone groups is 1. The van der Waals surface area contributed by atoms with Crippen LogP contribution in [0.1, 0.15) is 111 Å². The lowest BCUT2D eigenvalue weighted by molar-refractivity contribution is -0.396. The molecular formula is C64H80F9N3O13S. The van der Waals surface area contributed by atoms with E-state index in [2.05, 4.69) is 56.1 Å². The SMILES string of the molecule is C=CC(=O)OCCCCCCOC(=C)/C=C\C(=C)OC(=O)C(C)CC[C@H](C)OC(=O)C(=C)C(/C=N/N(CCC(F)(F)C(F)(F)C(F)(F)C(F)(F)F)c1nc2ccccc2s1)=C\C(=C)OC(=O)C(C)CC[C@H](C)OC(=O)C(=C)/C=C\C(=C)OCCCCCCOC. The number of carbonyl (C=O) groups is 5. The lowest BCUT2D eigenvalue weighted by atomic mass is 10.0. The number of benzene rings is 1. The number of fused-ring (bicyclic) bond motifs is 1. The van der Waals surface area contributed by atoms with Crippen molar-refractivity contribution in [2.24, 2.45) is 16.9 Å². The summed E-state index contributed by atoms with van der Waals surface area (Å²) in [6.45, 7) is 32.1. The van der Waals surface area contributed by atoms with Gasteiger partial charge in [0.2, 0.25) is 5.13 Å². The van der Waals surface area contributed by atoms with Gasteiger partial charge in [-0.15, -0.1) is 0 Å². The molecule has 2 rings (SSSR count). The van der Waals surface area contributed by atoms with Gasteiger partial charge >= 0.3 is 53.8 Å². The molecule has 0 saturated heterocycles. The number of nitrogens with zero attached hydrogens (tertiary/aromatic N) is 3. The second kappa shape index (κ2) is 38.7. The molecule has 2 unspecified atom stereocenters. The number of unbranched alkanes of at least 4 members (excludes halogenated alkanes) is 6. The number of halogens is 9. The van der Waals surface area contributed by atoms with Crippen LogP contribution in [0, 0.1) is 11.8 Å². The fourth-order valence-corrected chi connectivity index (χ4v) is 8.36. The number of ether oxygens (including phenoxy) is 8. The molecular weight excluding hydrogens is 1220 g/mol. The second-order valence-corrected chi connectivity index (χ2v) is 21.7. The smallest absolute Gasteiger partial charge is 0.460 e. The van der Waals surface area contributed by atoms with Gasteiger partial charge in [-0.3, -0.25) is 9.59 Å². The molecule has 498 valence electrons. The first-order chi connectivity index (χ1) is 42.2. The Kier molecular flexibility index (Phi) is 33.7. The summed E-state index contributed by atoms with van der Waals surface area (Å²) >= 11 is 0.729. The summed E-state index contributed by atoms with van der Waals surface area (Å²) in [5, 5.41) is 4.16. The molecule has 0 radical (unpaired) electrons. The lowest BCUT2D eigenvalue weighted by Gasteiger charge is -2.34. The van der Waals surface area contributed by atoms with E-state index in [1.807, 2.05) is 0 Å². The highest BCUT2D eigenvalue weighted by Crippen LogP contribution is 2.54. The lowest BCUT2D eigenvalue weighted by Crippen LogP contribution is -2.61. The number of rotatable bonds is 45. The van der Waals surface area contributed by atoms with E-state index in [1.54, 1.807) is 20.1 Å². The number of para-hydroxylation sites is 1. The van der Waals surface area contributed by atoms with Gasteiger partial charge in [-0.05, 0) is 127 Å². The summed E-state index contributed by atoms with van der Waals surface area (Å²) in [6.07, 6.45) is 4.31. The highest BCUT2D eigenvalue weighted by molar-refractivity contribution is 7.22. The standard InChI is InChI=1S/C64H80F9N3O13S/c1-13-55(77)85-39-23-17-16-22-38-84-46(6)32-33-49(9)87-57(79)43(3)28-31-48(8)88-59(81)51(11)52(41-74-76(60-75-53-24-18-19-25-54(53)90-60)35-34-61(65,66)62(67,68)63(69,70)64(71,72)73)40-50(10)89-58(80)44(4)27-30-47(7)86-56(78)42(2)26-29-45(5)83-37-21-15-14-20-36-82-12/h13,18-19,24-26,29,32-33,40-41,43-44,47-48H,1-2,5-6,9-11,14-17,20-23,27-28,30-31,34-39H2,3-4,7-8,12H3/b29-26-,33-32-,52-40-,74-41+/t43?,44?,47-,48-/m0/s1. The van der Waals surface area contributed by atoms with E-state index >= 15 is 8.78 Å². The van der Waals surface area contributed by atoms with E-state index < -0.39 is 108 Å². The van der Waals surface area contributed by atoms with Crippen LogP contribution in [-0.4, -0.2) is 117 Å². The zero-order valence-electron chi connectivity index (χ0n) is 51.3. The molecule has 1 aromatic carbocycles. The molecule has 0 saturated carbocycles. The van der Waals surface area contributed by atoms with Crippen molar-refractivity contribution in [2.45, 2.75) is 147 Å². The van der Waals surface area contributed by atoms with Crippen LogP contribution >= 0.6 is 11.3 Å². The number of aromatic nitrogens is 1. The van der Waals surface area contributed by atoms with Gasteiger partial charge in [0.25, 0.3) is 0 Å². The summed E-state index contributed by atoms with van der Waals surface area (Å²) < 4.78 is 169. The predicted molar refractivity (Wildman–Crippen MR) is 324 cm³/mol. The predicted octanol–water partition coefficient (Wildman–Crippen LogP) is 15.5. The Labute approximate surface area is 523 Å². The van der Waals surface area contributed by atoms with Crippen molar-refractivity contribution in [1.82, 2.24) is 4.98 Å². The Morgan fingerprint density at radius 2 is 1.11 bits per heavy atom. The second-order valence-electron chi connectivity index (χ2n) is 20.7. The summed E-state index contributed by atoms with van der Waals surface area (Å²) in [7, 11) is 1.64. The van der Waals surface area contributed by atoms with Crippen molar-refractivity contribution in [3.8, 4) is 0 Å². The third-order valence-electron chi connectivity index (χ3n) is 13.0. The van der Waals surface area contributed by atoms with Crippen molar-refractivity contribution >= 4 is 62.7 Å². The Morgan fingerprint density at radius 1 is 0.622 bits per heavy atom. The average Bonchev–Trinajstić information content (AvgIpc) is 0.893. The number of thiazole rings is 1. The van der Waals surface area contributed by atoms with Crippen LogP contribution in [0.3, 0.4) is 0 Å². The summed E-state index contributed by atoms with van der Waals surface area (Å²) in [5.41, 5.74) is -0.827. The number of alkyl halides is 9. The Bertz CT molecular complexity index is 2900. The average molecular weight is 1300 g/mol. The molecule has 0 aliphatic rings. The van der Waals surface area contributed by atoms with E-state index in [4.69, 9.17) is 37.9 Å². The molecule has 1 heterocycles. The third-order valence-corrected chi connectivity index (χ3v) is 14.0. The minimum atomic E-state index is -7.17. The van der Waals surface area contributed by atoms with Crippen molar-refractivity contribution < 1.29 is 101 Å². The zero-order chi connectivity index (χ0) is 67.8. The van der Waals surface area contributed by atoms with Gasteiger partial charge in [0, 0.05) is 31.8 Å². The fourth-order valence-electron chi connectivity index (χ4n) is 7.41. The zero-order valence-corrected chi connectivity index (χ0v) is 52.1. The largest absolute Gasteiger partial charge is 0.494 e. The van der Waals surface area contributed by atoms with E-state index in [0.717, 1.165) is 68.2 Å². The maximum absolute atomic E-state index is 15.0. The number of carbonyl (C=O) groups excluding carboxylic acids is 5. The molecule has 16 nitrogen and oxygen atoms in total. The molecule has 1 aromatic heterocycles. The van der Waals surface area contributed by atoms with E-state index in [1.165, 1.54) is 63.3 Å². The van der Waals surface area contributed by atoms with Crippen LogP contribution in [0.2, 0.25) is 0 Å². The first kappa shape index (κ1) is 78.4. The van der Waals surface area contributed by atoms with Crippen LogP contribution in [-0.2, 0) is 61.9 Å². The Hall–Kier alpha value is -7.74. The van der Waals surface area contributed by atoms with Gasteiger partial charge in [-0.25, -0.2) is 24.4 Å². The van der Waals surface area contributed by atoms with Crippen LogP contribution in [0.15, 0.2) is 152 Å². The molecule has 0 amide bonds. The number of allylic oxidation sites excluding steroid dienone is 4. The monoisotopic (exact) mass is 1300 g/mol. The Morgan fingerprint density at radius 3 is 1.63 bits per heavy atom. The van der Waals surface area contributed by atoms with Crippen molar-refractivity contribution in [3.05, 3.63) is 147 Å². The van der Waals surface area contributed by atoms with E-state index in [-0.39, 0.29) is 60.0 Å². The van der Waals surface area contributed by atoms with Gasteiger partial charge < -0.3 is 37.9 Å².